The SMILES string of the molecule is CCc1ccccc1C(=O)N1CCC(CCl)CC1. The molecule has 0 aromatic heterocycles. The second-order valence-electron chi connectivity index (χ2n) is 4.90. The molecule has 2 nitrogen and oxygen atoms in total. The number of carbonyl (C=O) groups excluding carboxylic acids is 1. The molecule has 0 bridgehead atoms. The molecule has 0 saturated carbocycles. The van der Waals surface area contributed by atoms with Crippen molar-refractivity contribution < 1.29 is 4.79 Å². The fourth-order valence-corrected chi connectivity index (χ4v) is 2.81. The maximum absolute atomic E-state index is 12.5. The van der Waals surface area contributed by atoms with Gasteiger partial charge in [0, 0.05) is 24.5 Å². The van der Waals surface area contributed by atoms with Crippen LogP contribution in [-0.4, -0.2) is 29.8 Å². The van der Waals surface area contributed by atoms with Gasteiger partial charge in [-0.05, 0) is 36.8 Å². The number of hydrogen-bond donors (Lipinski definition) is 0. The molecule has 18 heavy (non-hydrogen) atoms. The summed E-state index contributed by atoms with van der Waals surface area (Å²) < 4.78 is 0. The zero-order valence-electron chi connectivity index (χ0n) is 10.9. The summed E-state index contributed by atoms with van der Waals surface area (Å²) in [7, 11) is 0. The van der Waals surface area contributed by atoms with E-state index in [1.165, 1.54) is 0 Å². The van der Waals surface area contributed by atoms with Gasteiger partial charge < -0.3 is 4.90 Å². The minimum absolute atomic E-state index is 0.181. The summed E-state index contributed by atoms with van der Waals surface area (Å²) >= 11 is 5.87. The van der Waals surface area contributed by atoms with E-state index in [0.717, 1.165) is 43.5 Å². The van der Waals surface area contributed by atoms with E-state index in [1.54, 1.807) is 0 Å². The largest absolute Gasteiger partial charge is 0.339 e. The zero-order valence-corrected chi connectivity index (χ0v) is 11.6. The summed E-state index contributed by atoms with van der Waals surface area (Å²) in [6.07, 6.45) is 2.97. The minimum atomic E-state index is 0.181. The molecule has 2 rings (SSSR count). The van der Waals surface area contributed by atoms with E-state index in [1.807, 2.05) is 29.2 Å². The predicted molar refractivity (Wildman–Crippen MR) is 75.2 cm³/mol. The Morgan fingerprint density at radius 1 is 1.33 bits per heavy atom. The number of nitrogens with zero attached hydrogens (tertiary/aromatic N) is 1. The number of alkyl halides is 1. The third-order valence-corrected chi connectivity index (χ3v) is 4.19. The standard InChI is InChI=1S/C15H20ClNO/c1-2-13-5-3-4-6-14(13)15(18)17-9-7-12(11-16)8-10-17/h3-6,12H,2,7-11H2,1H3. The zero-order chi connectivity index (χ0) is 13.0. The van der Waals surface area contributed by atoms with Crippen LogP contribution in [0.5, 0.6) is 0 Å². The van der Waals surface area contributed by atoms with E-state index in [0.29, 0.717) is 11.8 Å². The smallest absolute Gasteiger partial charge is 0.254 e. The van der Waals surface area contributed by atoms with Crippen LogP contribution in [0.25, 0.3) is 0 Å². The van der Waals surface area contributed by atoms with Gasteiger partial charge in [0.25, 0.3) is 5.91 Å². The molecular weight excluding hydrogens is 246 g/mol. The fourth-order valence-electron chi connectivity index (χ4n) is 2.50. The van der Waals surface area contributed by atoms with E-state index < -0.39 is 0 Å². The molecule has 0 aliphatic carbocycles. The molecule has 98 valence electrons. The molecule has 0 spiro atoms. The molecule has 1 amide bonds. The molecular formula is C15H20ClNO. The average molecular weight is 266 g/mol. The van der Waals surface area contributed by atoms with Crippen LogP contribution in [0.4, 0.5) is 0 Å². The summed E-state index contributed by atoms with van der Waals surface area (Å²) in [6.45, 7) is 3.77. The van der Waals surface area contributed by atoms with Crippen molar-refractivity contribution >= 4 is 17.5 Å². The first-order valence-electron chi connectivity index (χ1n) is 6.69. The first kappa shape index (κ1) is 13.4. The maximum atomic E-state index is 12.5. The molecule has 3 heteroatoms. The summed E-state index contributed by atoms with van der Waals surface area (Å²) in [5, 5.41) is 0. The van der Waals surface area contributed by atoms with E-state index in [-0.39, 0.29) is 5.91 Å². The van der Waals surface area contributed by atoms with Crippen molar-refractivity contribution in [2.24, 2.45) is 5.92 Å². The van der Waals surface area contributed by atoms with Crippen LogP contribution in [0.2, 0.25) is 0 Å². The van der Waals surface area contributed by atoms with Crippen LogP contribution in [0.1, 0.15) is 35.7 Å². The summed E-state index contributed by atoms with van der Waals surface area (Å²) in [5.41, 5.74) is 2.01. The van der Waals surface area contributed by atoms with Gasteiger partial charge in [0.15, 0.2) is 0 Å². The van der Waals surface area contributed by atoms with E-state index in [2.05, 4.69) is 6.92 Å². The number of likely N-dealkylation sites (tertiary alicyclic amines) is 1. The summed E-state index contributed by atoms with van der Waals surface area (Å²) in [6, 6.07) is 7.92. The Morgan fingerprint density at radius 3 is 2.61 bits per heavy atom. The Hall–Kier alpha value is -1.02. The van der Waals surface area contributed by atoms with Gasteiger partial charge in [-0.25, -0.2) is 0 Å². The highest BCUT2D eigenvalue weighted by molar-refractivity contribution is 6.18. The van der Waals surface area contributed by atoms with Crippen LogP contribution in [-0.2, 0) is 6.42 Å². The molecule has 0 unspecified atom stereocenters. The van der Waals surface area contributed by atoms with Crippen molar-refractivity contribution in [3.63, 3.8) is 0 Å². The monoisotopic (exact) mass is 265 g/mol. The minimum Gasteiger partial charge on any atom is -0.339 e. The Kier molecular flexibility index (Phi) is 4.65. The molecule has 1 aromatic rings. The van der Waals surface area contributed by atoms with Gasteiger partial charge in [0.1, 0.15) is 0 Å². The molecule has 1 heterocycles. The molecule has 0 N–H and O–H groups in total. The van der Waals surface area contributed by atoms with Crippen molar-refractivity contribution in [3.05, 3.63) is 35.4 Å². The van der Waals surface area contributed by atoms with E-state index >= 15 is 0 Å². The number of halogens is 1. The quantitative estimate of drug-likeness (QED) is 0.768. The van der Waals surface area contributed by atoms with Crippen LogP contribution >= 0.6 is 11.6 Å². The van der Waals surface area contributed by atoms with Gasteiger partial charge in [-0.2, -0.15) is 0 Å². The van der Waals surface area contributed by atoms with Crippen LogP contribution < -0.4 is 0 Å². The molecule has 1 aromatic carbocycles. The number of benzene rings is 1. The van der Waals surface area contributed by atoms with Crippen molar-refractivity contribution in [1.29, 1.82) is 0 Å². The van der Waals surface area contributed by atoms with Crippen molar-refractivity contribution in [3.8, 4) is 0 Å². The lowest BCUT2D eigenvalue weighted by atomic mass is 9.97. The lowest BCUT2D eigenvalue weighted by Crippen LogP contribution is -2.39. The van der Waals surface area contributed by atoms with Gasteiger partial charge >= 0.3 is 0 Å². The van der Waals surface area contributed by atoms with E-state index in [9.17, 15) is 4.79 Å². The molecule has 0 radical (unpaired) electrons. The average Bonchev–Trinajstić information content (AvgIpc) is 2.46. The first-order chi connectivity index (χ1) is 8.76. The Labute approximate surface area is 114 Å². The number of amides is 1. The summed E-state index contributed by atoms with van der Waals surface area (Å²) in [5.74, 6) is 1.48. The van der Waals surface area contributed by atoms with Crippen molar-refractivity contribution in [2.75, 3.05) is 19.0 Å². The van der Waals surface area contributed by atoms with Gasteiger partial charge in [-0.15, -0.1) is 11.6 Å². The third-order valence-electron chi connectivity index (χ3n) is 3.75. The normalized spacial score (nSPS) is 16.9. The number of aryl methyl sites for hydroxylation is 1. The number of rotatable bonds is 3. The second-order valence-corrected chi connectivity index (χ2v) is 5.21. The molecule has 1 saturated heterocycles. The first-order valence-corrected chi connectivity index (χ1v) is 7.22. The maximum Gasteiger partial charge on any atom is 0.254 e. The van der Waals surface area contributed by atoms with E-state index in [4.69, 9.17) is 11.6 Å². The van der Waals surface area contributed by atoms with Gasteiger partial charge in [0.2, 0.25) is 0 Å². The topological polar surface area (TPSA) is 20.3 Å². The summed E-state index contributed by atoms with van der Waals surface area (Å²) in [4.78, 5) is 14.4. The Morgan fingerprint density at radius 2 is 2.00 bits per heavy atom. The highest BCUT2D eigenvalue weighted by Gasteiger charge is 2.23. The van der Waals surface area contributed by atoms with Crippen molar-refractivity contribution in [2.45, 2.75) is 26.2 Å². The van der Waals surface area contributed by atoms with Crippen LogP contribution in [0.3, 0.4) is 0 Å². The number of hydrogen-bond acceptors (Lipinski definition) is 1. The lowest BCUT2D eigenvalue weighted by Gasteiger charge is -2.31. The lowest BCUT2D eigenvalue weighted by molar-refractivity contribution is 0.0697. The third kappa shape index (κ3) is 2.86. The van der Waals surface area contributed by atoms with Crippen LogP contribution in [0, 0.1) is 5.92 Å². The van der Waals surface area contributed by atoms with Gasteiger partial charge in [-0.1, -0.05) is 25.1 Å². The highest BCUT2D eigenvalue weighted by Crippen LogP contribution is 2.21. The highest BCUT2D eigenvalue weighted by atomic mass is 35.5. The molecule has 1 aliphatic heterocycles. The second kappa shape index (κ2) is 6.24. The predicted octanol–water partition coefficient (Wildman–Crippen LogP) is 3.34. The molecule has 0 atom stereocenters. The number of piperidine rings is 1. The van der Waals surface area contributed by atoms with Crippen LogP contribution in [0.15, 0.2) is 24.3 Å². The Balaban J connectivity index is 2.08. The fraction of sp³-hybridized carbons (Fsp3) is 0.533. The number of carbonyl (C=O) groups is 1. The van der Waals surface area contributed by atoms with Crippen molar-refractivity contribution in [1.82, 2.24) is 4.90 Å². The molecule has 1 aliphatic rings. The molecule has 1 fully saturated rings. The van der Waals surface area contributed by atoms with Gasteiger partial charge in [0.05, 0.1) is 0 Å². The Bertz CT molecular complexity index is 411. The van der Waals surface area contributed by atoms with Gasteiger partial charge in [-0.3, -0.25) is 4.79 Å².